The number of imidazole rings is 1. The molecule has 0 radical (unpaired) electrons. The fourth-order valence-corrected chi connectivity index (χ4v) is 1.47. The van der Waals surface area contributed by atoms with Gasteiger partial charge in [-0.05, 0) is 19.1 Å². The number of rotatable bonds is 2. The van der Waals surface area contributed by atoms with Gasteiger partial charge in [-0.3, -0.25) is 0 Å². The van der Waals surface area contributed by atoms with Crippen LogP contribution < -0.4 is 5.73 Å². The summed E-state index contributed by atoms with van der Waals surface area (Å²) in [7, 11) is 1.96. The van der Waals surface area contributed by atoms with Gasteiger partial charge in [0.15, 0.2) is 5.76 Å². The van der Waals surface area contributed by atoms with Crippen molar-refractivity contribution in [2.75, 3.05) is 0 Å². The Kier molecular flexibility index (Phi) is 2.13. The molecule has 0 atom stereocenters. The lowest BCUT2D eigenvalue weighted by Crippen LogP contribution is -2.05. The number of hydrogen-bond acceptors (Lipinski definition) is 3. The van der Waals surface area contributed by atoms with E-state index in [1.54, 1.807) is 6.26 Å². The molecule has 4 heteroatoms. The number of furan rings is 1. The Bertz CT molecular complexity index is 428. The van der Waals surface area contributed by atoms with E-state index >= 15 is 0 Å². The van der Waals surface area contributed by atoms with E-state index in [0.29, 0.717) is 6.54 Å². The highest BCUT2D eigenvalue weighted by atomic mass is 16.3. The van der Waals surface area contributed by atoms with Gasteiger partial charge >= 0.3 is 0 Å². The van der Waals surface area contributed by atoms with Crippen LogP contribution in [-0.2, 0) is 13.6 Å². The summed E-state index contributed by atoms with van der Waals surface area (Å²) in [5, 5.41) is 0. The smallest absolute Gasteiger partial charge is 0.154 e. The Hall–Kier alpha value is -1.55. The van der Waals surface area contributed by atoms with Crippen molar-refractivity contribution in [2.45, 2.75) is 13.5 Å². The molecule has 2 rings (SSSR count). The largest absolute Gasteiger partial charge is 0.463 e. The van der Waals surface area contributed by atoms with Gasteiger partial charge in [-0.1, -0.05) is 0 Å². The minimum atomic E-state index is 0.443. The zero-order chi connectivity index (χ0) is 10.1. The fourth-order valence-electron chi connectivity index (χ4n) is 1.47. The normalized spacial score (nSPS) is 10.8. The van der Waals surface area contributed by atoms with E-state index in [0.717, 1.165) is 23.0 Å². The van der Waals surface area contributed by atoms with Crippen molar-refractivity contribution in [1.29, 1.82) is 0 Å². The van der Waals surface area contributed by atoms with Gasteiger partial charge in [0.05, 0.1) is 12.8 Å². The van der Waals surface area contributed by atoms with Crippen molar-refractivity contribution in [3.05, 3.63) is 29.9 Å². The molecule has 2 N–H and O–H groups in total. The first-order valence-electron chi connectivity index (χ1n) is 4.50. The van der Waals surface area contributed by atoms with Crippen molar-refractivity contribution in [3.8, 4) is 11.5 Å². The molecule has 2 aromatic heterocycles. The number of nitrogens with two attached hydrogens (primary N) is 1. The third-order valence-electron chi connectivity index (χ3n) is 2.41. The van der Waals surface area contributed by atoms with Crippen molar-refractivity contribution in [2.24, 2.45) is 12.8 Å². The Balaban J connectivity index is 2.55. The number of nitrogens with zero attached hydrogens (tertiary/aromatic N) is 2. The van der Waals surface area contributed by atoms with Crippen molar-refractivity contribution in [3.63, 3.8) is 0 Å². The van der Waals surface area contributed by atoms with E-state index in [-0.39, 0.29) is 0 Å². The second kappa shape index (κ2) is 3.31. The summed E-state index contributed by atoms with van der Waals surface area (Å²) in [5.41, 5.74) is 7.52. The summed E-state index contributed by atoms with van der Waals surface area (Å²) in [4.78, 5) is 4.41. The molecule has 0 aliphatic heterocycles. The van der Waals surface area contributed by atoms with Crippen LogP contribution in [-0.4, -0.2) is 9.55 Å². The minimum Gasteiger partial charge on any atom is -0.463 e. The van der Waals surface area contributed by atoms with Gasteiger partial charge in [-0.2, -0.15) is 0 Å². The van der Waals surface area contributed by atoms with Gasteiger partial charge < -0.3 is 14.7 Å². The Morgan fingerprint density at radius 3 is 2.86 bits per heavy atom. The first kappa shape index (κ1) is 9.02. The van der Waals surface area contributed by atoms with Crippen LogP contribution >= 0.6 is 0 Å². The maximum Gasteiger partial charge on any atom is 0.154 e. The average Bonchev–Trinajstić information content (AvgIpc) is 2.78. The highest BCUT2D eigenvalue weighted by Crippen LogP contribution is 2.22. The van der Waals surface area contributed by atoms with E-state index in [1.807, 2.05) is 30.7 Å². The molecule has 2 heterocycles. The van der Waals surface area contributed by atoms with E-state index in [9.17, 15) is 0 Å². The lowest BCUT2D eigenvalue weighted by atomic mass is 10.3. The zero-order valence-electron chi connectivity index (χ0n) is 8.32. The third-order valence-corrected chi connectivity index (χ3v) is 2.41. The van der Waals surface area contributed by atoms with Crippen molar-refractivity contribution < 1.29 is 4.42 Å². The van der Waals surface area contributed by atoms with E-state index < -0.39 is 0 Å². The second-order valence-electron chi connectivity index (χ2n) is 3.20. The van der Waals surface area contributed by atoms with Gasteiger partial charge in [0.1, 0.15) is 11.5 Å². The quantitative estimate of drug-likeness (QED) is 0.781. The van der Waals surface area contributed by atoms with Gasteiger partial charge in [0, 0.05) is 12.7 Å². The Morgan fingerprint density at radius 1 is 1.57 bits per heavy atom. The molecule has 74 valence electrons. The topological polar surface area (TPSA) is 57.0 Å². The summed E-state index contributed by atoms with van der Waals surface area (Å²) in [6.07, 6.45) is 1.64. The highest BCUT2D eigenvalue weighted by molar-refractivity contribution is 5.55. The number of hydrogen-bond donors (Lipinski definition) is 1. The summed E-state index contributed by atoms with van der Waals surface area (Å²) < 4.78 is 7.28. The SMILES string of the molecule is Cc1c(-c2ccco2)nc(CN)n1C. The predicted octanol–water partition coefficient (Wildman–Crippen LogP) is 1.45. The minimum absolute atomic E-state index is 0.443. The van der Waals surface area contributed by atoms with E-state index in [2.05, 4.69) is 4.98 Å². The third kappa shape index (κ3) is 1.24. The summed E-state index contributed by atoms with van der Waals surface area (Å²) >= 11 is 0. The van der Waals surface area contributed by atoms with Crippen LogP contribution in [0.3, 0.4) is 0 Å². The molecule has 0 aliphatic carbocycles. The standard InChI is InChI=1S/C10H13N3O/c1-7-10(8-4-3-5-14-8)12-9(6-11)13(7)2/h3-5H,6,11H2,1-2H3. The Labute approximate surface area is 82.4 Å². The zero-order valence-corrected chi connectivity index (χ0v) is 8.32. The fraction of sp³-hybridized carbons (Fsp3) is 0.300. The van der Waals surface area contributed by atoms with Crippen LogP contribution in [0.15, 0.2) is 22.8 Å². The second-order valence-corrected chi connectivity index (χ2v) is 3.20. The molecule has 0 fully saturated rings. The van der Waals surface area contributed by atoms with Crippen molar-refractivity contribution >= 4 is 0 Å². The van der Waals surface area contributed by atoms with Crippen LogP contribution in [0.1, 0.15) is 11.5 Å². The summed E-state index contributed by atoms with van der Waals surface area (Å²) in [6.45, 7) is 2.45. The lowest BCUT2D eigenvalue weighted by Gasteiger charge is -1.98. The van der Waals surface area contributed by atoms with Crippen LogP contribution in [0, 0.1) is 6.92 Å². The van der Waals surface area contributed by atoms with Crippen LogP contribution in [0.5, 0.6) is 0 Å². The van der Waals surface area contributed by atoms with E-state index in [4.69, 9.17) is 10.2 Å². The predicted molar refractivity (Wildman–Crippen MR) is 53.5 cm³/mol. The average molecular weight is 191 g/mol. The first-order valence-corrected chi connectivity index (χ1v) is 4.50. The van der Waals surface area contributed by atoms with Crippen LogP contribution in [0.2, 0.25) is 0 Å². The summed E-state index contributed by atoms with van der Waals surface area (Å²) in [5.74, 6) is 1.66. The highest BCUT2D eigenvalue weighted by Gasteiger charge is 2.13. The molecule has 0 saturated heterocycles. The molecule has 0 bridgehead atoms. The first-order chi connectivity index (χ1) is 6.74. The molecular formula is C10H13N3O. The molecule has 0 amide bonds. The summed E-state index contributed by atoms with van der Waals surface area (Å²) in [6, 6.07) is 3.75. The molecule has 4 nitrogen and oxygen atoms in total. The molecule has 0 aromatic carbocycles. The van der Waals surface area contributed by atoms with E-state index in [1.165, 1.54) is 0 Å². The Morgan fingerprint density at radius 2 is 2.36 bits per heavy atom. The molecule has 0 spiro atoms. The lowest BCUT2D eigenvalue weighted by molar-refractivity contribution is 0.579. The maximum atomic E-state index is 5.57. The van der Waals surface area contributed by atoms with Crippen LogP contribution in [0.25, 0.3) is 11.5 Å². The van der Waals surface area contributed by atoms with Gasteiger partial charge in [0.2, 0.25) is 0 Å². The molecule has 14 heavy (non-hydrogen) atoms. The van der Waals surface area contributed by atoms with Gasteiger partial charge in [0.25, 0.3) is 0 Å². The van der Waals surface area contributed by atoms with Crippen molar-refractivity contribution in [1.82, 2.24) is 9.55 Å². The van der Waals surface area contributed by atoms with Crippen LogP contribution in [0.4, 0.5) is 0 Å². The molecule has 2 aromatic rings. The van der Waals surface area contributed by atoms with Gasteiger partial charge in [-0.15, -0.1) is 0 Å². The molecular weight excluding hydrogens is 178 g/mol. The molecule has 0 unspecified atom stereocenters. The molecule has 0 aliphatic rings. The van der Waals surface area contributed by atoms with Gasteiger partial charge in [-0.25, -0.2) is 4.98 Å². The number of aromatic nitrogens is 2. The maximum absolute atomic E-state index is 5.57. The monoisotopic (exact) mass is 191 g/mol. The molecule has 0 saturated carbocycles.